The Labute approximate surface area is 74.4 Å². The molecule has 0 spiro atoms. The molecule has 0 radical (unpaired) electrons. The molecule has 1 saturated heterocycles. The molecular weight excluding hydrogens is 203 g/mol. The standard InChI is InChI=1S/3C2H5O.O2.V/c3*1-2-3;1-2;/h3*2H2,1H3;;/q3*-1;-2;+5. The van der Waals surface area contributed by atoms with E-state index >= 15 is 0 Å². The summed E-state index contributed by atoms with van der Waals surface area (Å²) in [6.45, 7) is 6.92. The Kier molecular flexibility index (Phi) is 3.17. The van der Waals surface area contributed by atoms with Crippen LogP contribution in [-0.2, 0) is 33.3 Å². The van der Waals surface area contributed by atoms with Crippen LogP contribution in [0.4, 0.5) is 0 Å². The molecule has 0 aromatic rings. The van der Waals surface area contributed by atoms with Crippen molar-refractivity contribution in [2.24, 2.45) is 0 Å². The third-order valence-electron chi connectivity index (χ3n) is 1.28. The molecule has 1 aliphatic rings. The van der Waals surface area contributed by atoms with Gasteiger partial charge in [-0.15, -0.1) is 0 Å². The quantitative estimate of drug-likeness (QED) is 0.497. The van der Waals surface area contributed by atoms with E-state index in [4.69, 9.17) is 18.6 Å². The molecule has 0 aliphatic carbocycles. The van der Waals surface area contributed by atoms with Crippen LogP contribution in [0, 0.1) is 0 Å². The Morgan fingerprint density at radius 2 is 1.17 bits per heavy atom. The van der Waals surface area contributed by atoms with Crippen LogP contribution in [0.1, 0.15) is 20.8 Å². The summed E-state index contributed by atoms with van der Waals surface area (Å²) in [7, 11) is 0. The molecule has 0 N–H and O–H groups in total. The first-order chi connectivity index (χ1) is 5.70. The van der Waals surface area contributed by atoms with E-state index in [2.05, 4.69) is 0 Å². The molecule has 0 aromatic heterocycles. The van der Waals surface area contributed by atoms with Crippen LogP contribution in [0.2, 0.25) is 0 Å². The van der Waals surface area contributed by atoms with Gasteiger partial charge in [-0.2, -0.15) is 0 Å². The van der Waals surface area contributed by atoms with Crippen molar-refractivity contribution in [3.8, 4) is 0 Å². The van der Waals surface area contributed by atoms with Crippen LogP contribution in [0.5, 0.6) is 0 Å². The van der Waals surface area contributed by atoms with E-state index in [1.54, 1.807) is 0 Å². The van der Waals surface area contributed by atoms with Crippen LogP contribution >= 0.6 is 0 Å². The predicted molar refractivity (Wildman–Crippen MR) is 37.0 cm³/mol. The van der Waals surface area contributed by atoms with Gasteiger partial charge in [0.2, 0.25) is 0 Å². The van der Waals surface area contributed by atoms with Gasteiger partial charge in [0.25, 0.3) is 0 Å². The fourth-order valence-corrected chi connectivity index (χ4v) is 4.29. The average molecular weight is 218 g/mol. The van der Waals surface area contributed by atoms with Gasteiger partial charge in [-0.25, -0.2) is 0 Å². The van der Waals surface area contributed by atoms with Crippen molar-refractivity contribution in [1.29, 1.82) is 0 Å². The van der Waals surface area contributed by atoms with Gasteiger partial charge in [0.15, 0.2) is 0 Å². The van der Waals surface area contributed by atoms with Crippen LogP contribution in [0.25, 0.3) is 0 Å². The summed E-state index contributed by atoms with van der Waals surface area (Å²) in [4.78, 5) is 0. The van der Waals surface area contributed by atoms with Crippen molar-refractivity contribution in [2.75, 3.05) is 19.8 Å². The van der Waals surface area contributed by atoms with Crippen LogP contribution in [0.3, 0.4) is 0 Å². The molecule has 1 aliphatic heterocycles. The maximum absolute atomic E-state index is 5.30. The summed E-state index contributed by atoms with van der Waals surface area (Å²) >= 11 is -4.00. The fourth-order valence-electron chi connectivity index (χ4n) is 0.914. The topological polar surface area (TPSA) is 52.8 Å². The van der Waals surface area contributed by atoms with Crippen molar-refractivity contribution in [3.63, 3.8) is 0 Å². The van der Waals surface area contributed by atoms with Crippen molar-refractivity contribution in [2.45, 2.75) is 20.8 Å². The zero-order valence-electron chi connectivity index (χ0n) is 7.61. The summed E-state index contributed by atoms with van der Waals surface area (Å²) in [6, 6.07) is 0. The van der Waals surface area contributed by atoms with Crippen LogP contribution in [0.15, 0.2) is 0 Å². The molecule has 0 amide bonds. The minimum absolute atomic E-state index is 0.464. The maximum atomic E-state index is 5.30. The van der Waals surface area contributed by atoms with Gasteiger partial charge in [0.05, 0.1) is 0 Å². The third-order valence-corrected chi connectivity index (χ3v) is 5.26. The van der Waals surface area contributed by atoms with E-state index in [9.17, 15) is 0 Å². The normalized spacial score (nSPS) is 27.4. The minimum atomic E-state index is -4.00. The first-order valence-electron chi connectivity index (χ1n) is 4.07. The zero-order chi connectivity index (χ0) is 9.10. The molecule has 5 nitrogen and oxygen atoms in total. The van der Waals surface area contributed by atoms with E-state index in [0.29, 0.717) is 19.8 Å². The van der Waals surface area contributed by atoms with Crippen LogP contribution in [-0.4, -0.2) is 19.8 Å². The second-order valence-corrected chi connectivity index (χ2v) is 6.15. The predicted octanol–water partition coefficient (Wildman–Crippen LogP) is 1.32. The van der Waals surface area contributed by atoms with Crippen molar-refractivity contribution >= 4 is 0 Å². The van der Waals surface area contributed by atoms with E-state index in [0.717, 1.165) is 0 Å². The first kappa shape index (κ1) is 10.5. The van der Waals surface area contributed by atoms with E-state index < -0.39 is 14.6 Å². The van der Waals surface area contributed by atoms with Gasteiger partial charge in [-0.05, 0) is 0 Å². The van der Waals surface area contributed by atoms with E-state index in [1.165, 1.54) is 0 Å². The van der Waals surface area contributed by atoms with E-state index in [1.807, 2.05) is 20.8 Å². The monoisotopic (exact) mass is 218 g/mol. The molecule has 1 fully saturated rings. The van der Waals surface area contributed by atoms with Gasteiger partial charge >= 0.3 is 73.9 Å². The van der Waals surface area contributed by atoms with E-state index in [-0.39, 0.29) is 0 Å². The number of rotatable bonds is 6. The molecule has 12 heavy (non-hydrogen) atoms. The Hall–Kier alpha value is 0.384. The molecule has 74 valence electrons. The number of hydrogen-bond donors (Lipinski definition) is 0. The number of hydrogen-bond acceptors (Lipinski definition) is 5. The Balaban J connectivity index is 2.57. The fraction of sp³-hybridized carbons (Fsp3) is 1.00. The first-order valence-corrected chi connectivity index (χ1v) is 6.92. The second-order valence-electron chi connectivity index (χ2n) is 2.15. The molecule has 0 saturated carbocycles. The van der Waals surface area contributed by atoms with Crippen LogP contribution < -0.4 is 0 Å². The summed E-state index contributed by atoms with van der Waals surface area (Å²) in [5.41, 5.74) is 0. The molecule has 0 unspecified atom stereocenters. The van der Waals surface area contributed by atoms with Crippen molar-refractivity contribution in [3.05, 3.63) is 0 Å². The molecule has 6 heteroatoms. The molecule has 1 rings (SSSR count). The Morgan fingerprint density at radius 1 is 0.833 bits per heavy atom. The van der Waals surface area contributed by atoms with Gasteiger partial charge in [0.1, 0.15) is 0 Å². The summed E-state index contributed by atoms with van der Waals surface area (Å²) < 4.78 is 25.5. The summed E-state index contributed by atoms with van der Waals surface area (Å²) in [5, 5.41) is 0. The Morgan fingerprint density at radius 3 is 1.33 bits per heavy atom. The van der Waals surface area contributed by atoms with Gasteiger partial charge < -0.3 is 0 Å². The zero-order valence-corrected chi connectivity index (χ0v) is 9.01. The molecule has 1 heterocycles. The van der Waals surface area contributed by atoms with Crippen molar-refractivity contribution < 1.29 is 33.3 Å². The molecule has 0 aromatic carbocycles. The SMILES string of the molecule is CC[O][V]1([O]CC)([O]CC)[O][O]1. The molecule has 0 atom stereocenters. The third kappa shape index (κ3) is 1.83. The second kappa shape index (κ2) is 3.63. The van der Waals surface area contributed by atoms with Gasteiger partial charge in [-0.1, -0.05) is 0 Å². The molecular formula is C6H15O5V. The molecule has 0 bridgehead atoms. The average Bonchev–Trinajstić information content (AvgIpc) is 2.68. The van der Waals surface area contributed by atoms with Gasteiger partial charge in [0, 0.05) is 0 Å². The summed E-state index contributed by atoms with van der Waals surface area (Å²) in [6.07, 6.45) is 0. The van der Waals surface area contributed by atoms with Crippen molar-refractivity contribution in [1.82, 2.24) is 0 Å². The Bertz CT molecular complexity index is 134. The summed E-state index contributed by atoms with van der Waals surface area (Å²) in [5.74, 6) is 0. The van der Waals surface area contributed by atoms with Gasteiger partial charge in [-0.3, -0.25) is 0 Å².